The molecule has 0 N–H and O–H groups in total. The summed E-state index contributed by atoms with van der Waals surface area (Å²) in [4.78, 5) is 14.4. The molecule has 0 aromatic heterocycles. The fraction of sp³-hybridized carbons (Fsp3) is 0.615. The molecule has 1 aliphatic carbocycles. The summed E-state index contributed by atoms with van der Waals surface area (Å²) in [5, 5.41) is 8.57. The number of ketones is 1. The Morgan fingerprint density at radius 3 is 2.38 bits per heavy atom. The van der Waals surface area contributed by atoms with Gasteiger partial charge in [-0.25, -0.2) is 0 Å². The van der Waals surface area contributed by atoms with Gasteiger partial charge in [0.1, 0.15) is 5.78 Å². The average Bonchev–Trinajstić information content (AvgIpc) is 2.79. The standard InChI is InChI=1S/C26H33F3N2O/c27-26(28,29)24-10-8-22(9-11-24)23-13-17-31(18-14-23)16-12-20-4-6-21(7-5-20)19-25(32)3-1-2-15-30/h8-11,13,20-21H,1-7,12,14,16-19H2. The Bertz CT molecular complexity index is 815. The minimum absolute atomic E-state index is 0.313. The highest BCUT2D eigenvalue weighted by Crippen LogP contribution is 2.34. The molecule has 0 atom stereocenters. The quantitative estimate of drug-likeness (QED) is 0.399. The average molecular weight is 447 g/mol. The van der Waals surface area contributed by atoms with Crippen LogP contribution >= 0.6 is 0 Å². The van der Waals surface area contributed by atoms with Crippen LogP contribution in [0.3, 0.4) is 0 Å². The van der Waals surface area contributed by atoms with Crippen LogP contribution in [0.2, 0.25) is 0 Å². The summed E-state index contributed by atoms with van der Waals surface area (Å²) in [5.74, 6) is 1.55. The van der Waals surface area contributed by atoms with Crippen molar-refractivity contribution < 1.29 is 18.0 Å². The van der Waals surface area contributed by atoms with Crippen LogP contribution in [-0.4, -0.2) is 30.3 Å². The first-order chi connectivity index (χ1) is 15.3. The number of carbonyl (C=O) groups is 1. The molecule has 3 rings (SSSR count). The second kappa shape index (κ2) is 11.7. The highest BCUT2D eigenvalue weighted by molar-refractivity contribution is 5.78. The van der Waals surface area contributed by atoms with Crippen LogP contribution in [-0.2, 0) is 11.0 Å². The van der Waals surface area contributed by atoms with Gasteiger partial charge in [0.2, 0.25) is 0 Å². The van der Waals surface area contributed by atoms with Crippen LogP contribution in [0, 0.1) is 23.2 Å². The smallest absolute Gasteiger partial charge is 0.300 e. The molecule has 0 spiro atoms. The van der Waals surface area contributed by atoms with Gasteiger partial charge in [0.15, 0.2) is 0 Å². The number of Topliss-reactive ketones (excluding diaryl/α,β-unsaturated/α-hetero) is 1. The van der Waals surface area contributed by atoms with Gasteiger partial charge in [0.25, 0.3) is 0 Å². The van der Waals surface area contributed by atoms with E-state index >= 15 is 0 Å². The van der Waals surface area contributed by atoms with Gasteiger partial charge in [-0.15, -0.1) is 0 Å². The molecule has 3 nitrogen and oxygen atoms in total. The third kappa shape index (κ3) is 7.48. The van der Waals surface area contributed by atoms with E-state index in [-0.39, 0.29) is 0 Å². The lowest BCUT2D eigenvalue weighted by atomic mass is 9.78. The molecular formula is C26H33F3N2O. The van der Waals surface area contributed by atoms with E-state index in [4.69, 9.17) is 5.26 Å². The minimum Gasteiger partial charge on any atom is -0.300 e. The zero-order valence-corrected chi connectivity index (χ0v) is 18.7. The van der Waals surface area contributed by atoms with Gasteiger partial charge in [-0.05, 0) is 73.8 Å². The van der Waals surface area contributed by atoms with Crippen LogP contribution in [0.25, 0.3) is 5.57 Å². The Kier molecular flexibility index (Phi) is 8.92. The fourth-order valence-electron chi connectivity index (χ4n) is 4.93. The van der Waals surface area contributed by atoms with E-state index in [1.165, 1.54) is 31.4 Å². The number of nitriles is 1. The molecule has 0 bridgehead atoms. The summed E-state index contributed by atoms with van der Waals surface area (Å²) < 4.78 is 38.2. The zero-order chi connectivity index (χ0) is 23.0. The molecule has 2 aliphatic rings. The van der Waals surface area contributed by atoms with E-state index in [2.05, 4.69) is 17.0 Å². The Morgan fingerprint density at radius 2 is 1.78 bits per heavy atom. The van der Waals surface area contributed by atoms with Crippen molar-refractivity contribution >= 4 is 11.4 Å². The molecule has 0 amide bonds. The third-order valence-electron chi connectivity index (χ3n) is 6.96. The first kappa shape index (κ1) is 24.5. The van der Waals surface area contributed by atoms with Gasteiger partial charge in [0, 0.05) is 32.4 Å². The molecule has 0 unspecified atom stereocenters. The van der Waals surface area contributed by atoms with E-state index < -0.39 is 11.7 Å². The Balaban J connectivity index is 1.35. The molecule has 32 heavy (non-hydrogen) atoms. The van der Waals surface area contributed by atoms with Gasteiger partial charge in [-0.3, -0.25) is 9.69 Å². The van der Waals surface area contributed by atoms with Crippen molar-refractivity contribution in [3.8, 4) is 6.07 Å². The summed E-state index contributed by atoms with van der Waals surface area (Å²) in [5.41, 5.74) is 1.42. The molecule has 0 saturated heterocycles. The minimum atomic E-state index is -4.29. The third-order valence-corrected chi connectivity index (χ3v) is 6.96. The molecule has 0 radical (unpaired) electrons. The largest absolute Gasteiger partial charge is 0.416 e. The maximum atomic E-state index is 12.7. The molecule has 1 saturated carbocycles. The Morgan fingerprint density at radius 1 is 1.09 bits per heavy atom. The van der Waals surface area contributed by atoms with Crippen LogP contribution in [0.5, 0.6) is 0 Å². The summed E-state index contributed by atoms with van der Waals surface area (Å²) >= 11 is 0. The van der Waals surface area contributed by atoms with E-state index in [1.807, 2.05) is 0 Å². The lowest BCUT2D eigenvalue weighted by molar-refractivity contribution is -0.137. The second-order valence-corrected chi connectivity index (χ2v) is 9.28. The first-order valence-electron chi connectivity index (χ1n) is 11.8. The van der Waals surface area contributed by atoms with Gasteiger partial charge in [-0.1, -0.05) is 31.1 Å². The molecule has 6 heteroatoms. The molecule has 174 valence electrons. The number of hydrogen-bond donors (Lipinski definition) is 0. The van der Waals surface area contributed by atoms with E-state index in [0.29, 0.717) is 37.4 Å². The number of unbranched alkanes of at least 4 members (excludes halogenated alkanes) is 1. The highest BCUT2D eigenvalue weighted by atomic mass is 19.4. The predicted octanol–water partition coefficient (Wildman–Crippen LogP) is 6.64. The van der Waals surface area contributed by atoms with Crippen LogP contribution in [0.15, 0.2) is 30.3 Å². The van der Waals surface area contributed by atoms with E-state index in [1.54, 1.807) is 12.1 Å². The Labute approximate surface area is 189 Å². The SMILES string of the molecule is N#CCCCC(=O)CC1CCC(CCN2CC=C(c3ccc(C(F)(F)F)cc3)CC2)CC1. The number of carbonyl (C=O) groups excluding carboxylic acids is 1. The van der Waals surface area contributed by atoms with Gasteiger partial charge >= 0.3 is 6.18 Å². The first-order valence-corrected chi connectivity index (χ1v) is 11.8. The summed E-state index contributed by atoms with van der Waals surface area (Å²) in [6.07, 6.45) is 6.94. The van der Waals surface area contributed by atoms with Crippen molar-refractivity contribution in [1.82, 2.24) is 4.90 Å². The second-order valence-electron chi connectivity index (χ2n) is 9.28. The van der Waals surface area contributed by atoms with Crippen molar-refractivity contribution in [2.24, 2.45) is 11.8 Å². The van der Waals surface area contributed by atoms with Crippen molar-refractivity contribution in [2.45, 2.75) is 70.4 Å². The zero-order valence-electron chi connectivity index (χ0n) is 18.7. The number of alkyl halides is 3. The summed E-state index contributed by atoms with van der Waals surface area (Å²) in [6, 6.07) is 7.59. The van der Waals surface area contributed by atoms with Gasteiger partial charge in [-0.2, -0.15) is 18.4 Å². The van der Waals surface area contributed by atoms with Gasteiger partial charge in [0.05, 0.1) is 11.6 Å². The lowest BCUT2D eigenvalue weighted by Gasteiger charge is -2.31. The van der Waals surface area contributed by atoms with Crippen LogP contribution in [0.1, 0.15) is 75.3 Å². The number of rotatable bonds is 9. The number of halogens is 3. The number of hydrogen-bond acceptors (Lipinski definition) is 3. The van der Waals surface area contributed by atoms with E-state index in [0.717, 1.165) is 56.0 Å². The molecular weight excluding hydrogens is 413 g/mol. The van der Waals surface area contributed by atoms with Crippen LogP contribution < -0.4 is 0 Å². The fourth-order valence-corrected chi connectivity index (χ4v) is 4.93. The predicted molar refractivity (Wildman–Crippen MR) is 120 cm³/mol. The lowest BCUT2D eigenvalue weighted by Crippen LogP contribution is -2.31. The molecule has 1 aromatic carbocycles. The van der Waals surface area contributed by atoms with E-state index in [9.17, 15) is 18.0 Å². The Hall–Kier alpha value is -2.13. The molecule has 1 aromatic rings. The molecule has 1 fully saturated rings. The monoisotopic (exact) mass is 446 g/mol. The molecule has 1 aliphatic heterocycles. The van der Waals surface area contributed by atoms with Crippen molar-refractivity contribution in [3.63, 3.8) is 0 Å². The van der Waals surface area contributed by atoms with Crippen molar-refractivity contribution in [2.75, 3.05) is 19.6 Å². The topological polar surface area (TPSA) is 44.1 Å². The summed E-state index contributed by atoms with van der Waals surface area (Å²) in [7, 11) is 0. The summed E-state index contributed by atoms with van der Waals surface area (Å²) in [6.45, 7) is 2.85. The van der Waals surface area contributed by atoms with Crippen molar-refractivity contribution in [1.29, 1.82) is 5.26 Å². The number of nitrogens with zero attached hydrogens (tertiary/aromatic N) is 2. The maximum Gasteiger partial charge on any atom is 0.416 e. The normalized spacial score (nSPS) is 22.2. The molecule has 1 heterocycles. The van der Waals surface area contributed by atoms with Crippen LogP contribution in [0.4, 0.5) is 13.2 Å². The van der Waals surface area contributed by atoms with Crippen molar-refractivity contribution in [3.05, 3.63) is 41.5 Å². The number of benzene rings is 1. The maximum absolute atomic E-state index is 12.7. The van der Waals surface area contributed by atoms with Gasteiger partial charge < -0.3 is 0 Å². The highest BCUT2D eigenvalue weighted by Gasteiger charge is 2.30.